The van der Waals surface area contributed by atoms with Crippen LogP contribution in [0.15, 0.2) is 48.5 Å². The van der Waals surface area contributed by atoms with E-state index in [9.17, 15) is 10.2 Å². The van der Waals surface area contributed by atoms with Gasteiger partial charge in [-0.2, -0.15) is 0 Å². The minimum absolute atomic E-state index is 0.166. The van der Waals surface area contributed by atoms with Crippen molar-refractivity contribution < 1.29 is 10.2 Å². The molecule has 3 N–H and O–H groups in total. The van der Waals surface area contributed by atoms with E-state index in [0.29, 0.717) is 18.0 Å². The second kappa shape index (κ2) is 10.2. The Hall–Kier alpha value is -1.76. The number of aliphatic hydroxyl groups excluding tert-OH is 2. The molecule has 178 valence electrons. The molecule has 0 bridgehead atoms. The maximum absolute atomic E-state index is 11.0. The van der Waals surface area contributed by atoms with Crippen molar-refractivity contribution in [2.24, 2.45) is 0 Å². The van der Waals surface area contributed by atoms with Crippen molar-refractivity contribution in [2.75, 3.05) is 26.2 Å². The summed E-state index contributed by atoms with van der Waals surface area (Å²) >= 11 is 0. The Morgan fingerprint density at radius 3 is 2.42 bits per heavy atom. The van der Waals surface area contributed by atoms with Gasteiger partial charge in [0.25, 0.3) is 0 Å². The molecule has 1 saturated carbocycles. The van der Waals surface area contributed by atoms with Crippen molar-refractivity contribution in [1.82, 2.24) is 15.1 Å². The number of nitrogens with zero attached hydrogens (tertiary/aromatic N) is 2. The Labute approximate surface area is 198 Å². The van der Waals surface area contributed by atoms with Gasteiger partial charge in [0.05, 0.1) is 6.61 Å². The van der Waals surface area contributed by atoms with Crippen LogP contribution in [0.3, 0.4) is 0 Å². The molecule has 2 aromatic rings. The molecule has 0 aromatic heterocycles. The number of nitrogens with one attached hydrogen (secondary N) is 1. The van der Waals surface area contributed by atoms with Gasteiger partial charge in [-0.15, -0.1) is 0 Å². The Kier molecular flexibility index (Phi) is 7.14. The van der Waals surface area contributed by atoms with Gasteiger partial charge in [0, 0.05) is 37.1 Å². The van der Waals surface area contributed by atoms with E-state index in [0.717, 1.165) is 32.5 Å². The van der Waals surface area contributed by atoms with Crippen LogP contribution in [0.1, 0.15) is 55.6 Å². The maximum atomic E-state index is 11.0. The molecular formula is C28H39N3O2. The lowest BCUT2D eigenvalue weighted by molar-refractivity contribution is -0.103. The van der Waals surface area contributed by atoms with Crippen LogP contribution in [0, 0.1) is 6.92 Å². The van der Waals surface area contributed by atoms with Gasteiger partial charge >= 0.3 is 0 Å². The number of aryl methyl sites for hydroxylation is 1. The minimum Gasteiger partial charge on any atom is -0.395 e. The maximum Gasteiger partial charge on any atom is 0.163 e. The molecule has 2 saturated heterocycles. The van der Waals surface area contributed by atoms with Gasteiger partial charge in [-0.25, -0.2) is 0 Å². The van der Waals surface area contributed by atoms with Crippen molar-refractivity contribution in [3.05, 3.63) is 59.7 Å². The van der Waals surface area contributed by atoms with E-state index in [4.69, 9.17) is 0 Å². The number of rotatable bonds is 6. The first-order valence-electron chi connectivity index (χ1n) is 12.9. The highest BCUT2D eigenvalue weighted by Gasteiger charge is 2.49. The van der Waals surface area contributed by atoms with Crippen molar-refractivity contribution >= 4 is 0 Å². The van der Waals surface area contributed by atoms with E-state index in [1.165, 1.54) is 47.9 Å². The number of fused-ring (bicyclic) bond motifs is 1. The number of hydrogen-bond donors (Lipinski definition) is 3. The predicted octanol–water partition coefficient (Wildman–Crippen LogP) is 3.69. The SMILES string of the molecule is Cc1ccccc1-c1ccc([C@H]2[C@@H](CO)N3CCCCN(C(O)NC4CCCC4)C[C@H]23)cc1. The average Bonchev–Trinajstić information content (AvgIpc) is 3.32. The van der Waals surface area contributed by atoms with Crippen molar-refractivity contribution in [1.29, 1.82) is 0 Å². The zero-order valence-corrected chi connectivity index (χ0v) is 19.9. The third-order valence-corrected chi connectivity index (χ3v) is 8.24. The lowest BCUT2D eigenvalue weighted by Gasteiger charge is -2.57. The van der Waals surface area contributed by atoms with Crippen LogP contribution >= 0.6 is 0 Å². The highest BCUT2D eigenvalue weighted by atomic mass is 16.3. The number of aliphatic hydroxyl groups is 2. The van der Waals surface area contributed by atoms with E-state index >= 15 is 0 Å². The van der Waals surface area contributed by atoms with Crippen LogP contribution in [0.25, 0.3) is 11.1 Å². The number of hydrogen-bond acceptors (Lipinski definition) is 5. The zero-order chi connectivity index (χ0) is 22.8. The summed E-state index contributed by atoms with van der Waals surface area (Å²) in [4.78, 5) is 4.71. The zero-order valence-electron chi connectivity index (χ0n) is 19.9. The first kappa shape index (κ1) is 23.0. The van der Waals surface area contributed by atoms with Crippen LogP contribution in [-0.4, -0.2) is 70.7 Å². The fourth-order valence-corrected chi connectivity index (χ4v) is 6.38. The summed E-state index contributed by atoms with van der Waals surface area (Å²) in [5, 5.41) is 24.7. The van der Waals surface area contributed by atoms with E-state index in [1.54, 1.807) is 0 Å². The van der Waals surface area contributed by atoms with Crippen LogP contribution in [0.4, 0.5) is 0 Å². The minimum atomic E-state index is -0.578. The smallest absolute Gasteiger partial charge is 0.163 e. The molecule has 2 aliphatic heterocycles. The molecule has 5 heteroatoms. The Balaban J connectivity index is 1.33. The molecule has 0 spiro atoms. The molecule has 2 aromatic carbocycles. The molecule has 3 fully saturated rings. The van der Waals surface area contributed by atoms with Crippen molar-refractivity contribution in [3.8, 4) is 11.1 Å². The van der Waals surface area contributed by atoms with E-state index in [2.05, 4.69) is 70.6 Å². The molecule has 1 aliphatic carbocycles. The van der Waals surface area contributed by atoms with E-state index < -0.39 is 6.35 Å². The molecule has 0 amide bonds. The van der Waals surface area contributed by atoms with Crippen LogP contribution < -0.4 is 5.32 Å². The average molecular weight is 450 g/mol. The summed E-state index contributed by atoms with van der Waals surface area (Å²) in [6, 6.07) is 18.4. The first-order chi connectivity index (χ1) is 16.2. The molecule has 5 nitrogen and oxygen atoms in total. The third kappa shape index (κ3) is 4.75. The molecule has 1 unspecified atom stereocenters. The molecular weight excluding hydrogens is 410 g/mol. The van der Waals surface area contributed by atoms with E-state index in [1.807, 2.05) is 0 Å². The summed E-state index contributed by atoms with van der Waals surface area (Å²) in [5.41, 5.74) is 5.10. The summed E-state index contributed by atoms with van der Waals surface area (Å²) in [6.45, 7) is 5.13. The second-order valence-electron chi connectivity index (χ2n) is 10.2. The Morgan fingerprint density at radius 1 is 0.970 bits per heavy atom. The third-order valence-electron chi connectivity index (χ3n) is 8.24. The van der Waals surface area contributed by atoms with Crippen molar-refractivity contribution in [2.45, 2.75) is 75.8 Å². The largest absolute Gasteiger partial charge is 0.395 e. The monoisotopic (exact) mass is 449 g/mol. The fourth-order valence-electron chi connectivity index (χ4n) is 6.38. The van der Waals surface area contributed by atoms with Crippen molar-refractivity contribution in [3.63, 3.8) is 0 Å². The Bertz CT molecular complexity index is 912. The van der Waals surface area contributed by atoms with Gasteiger partial charge in [0.15, 0.2) is 6.35 Å². The summed E-state index contributed by atoms with van der Waals surface area (Å²) < 4.78 is 0. The summed E-state index contributed by atoms with van der Waals surface area (Å²) in [7, 11) is 0. The number of benzene rings is 2. The highest BCUT2D eigenvalue weighted by molar-refractivity contribution is 5.67. The summed E-state index contributed by atoms with van der Waals surface area (Å²) in [5.74, 6) is 0.292. The molecule has 33 heavy (non-hydrogen) atoms. The van der Waals surface area contributed by atoms with Gasteiger partial charge in [-0.1, -0.05) is 61.4 Å². The molecule has 2 heterocycles. The van der Waals surface area contributed by atoms with Crippen LogP contribution in [0.2, 0.25) is 0 Å². The van der Waals surface area contributed by atoms with Gasteiger partial charge in [-0.05, 0) is 61.4 Å². The van der Waals surface area contributed by atoms with Crippen LogP contribution in [0.5, 0.6) is 0 Å². The quantitative estimate of drug-likeness (QED) is 0.587. The highest BCUT2D eigenvalue weighted by Crippen LogP contribution is 2.42. The predicted molar refractivity (Wildman–Crippen MR) is 133 cm³/mol. The van der Waals surface area contributed by atoms with Gasteiger partial charge in [0.1, 0.15) is 0 Å². The Morgan fingerprint density at radius 2 is 1.70 bits per heavy atom. The molecule has 3 aliphatic rings. The molecule has 5 rings (SSSR count). The first-order valence-corrected chi connectivity index (χ1v) is 12.9. The molecule has 4 atom stereocenters. The lowest BCUT2D eigenvalue weighted by Crippen LogP contribution is -2.68. The van der Waals surface area contributed by atoms with Gasteiger partial charge in [-0.3, -0.25) is 15.1 Å². The van der Waals surface area contributed by atoms with E-state index in [-0.39, 0.29) is 12.6 Å². The molecule has 0 radical (unpaired) electrons. The lowest BCUT2D eigenvalue weighted by atomic mass is 9.74. The standard InChI is InChI=1S/C28H39N3O2/c1-20-8-2-5-11-24(20)21-12-14-22(15-13-21)27-25-18-30(28(33)29-23-9-3-4-10-23)16-6-7-17-31(25)26(27)19-32/h2,5,8,11-15,23,25-29,32-33H,3-4,6-7,9-10,16-19H2,1H3/t25-,26-,27-,28?/m1/s1. The van der Waals surface area contributed by atoms with Crippen LogP contribution in [-0.2, 0) is 0 Å². The fraction of sp³-hybridized carbons (Fsp3) is 0.571. The second-order valence-corrected chi connectivity index (χ2v) is 10.2. The summed E-state index contributed by atoms with van der Waals surface area (Å²) in [6.07, 6.45) is 6.48. The van der Waals surface area contributed by atoms with Gasteiger partial charge < -0.3 is 10.2 Å². The normalized spacial score (nSPS) is 28.0. The topological polar surface area (TPSA) is 59.0 Å². The van der Waals surface area contributed by atoms with Gasteiger partial charge in [0.2, 0.25) is 0 Å².